The molecule has 1 heterocycles. The third-order valence-electron chi connectivity index (χ3n) is 4.62. The zero-order valence-corrected chi connectivity index (χ0v) is 15.1. The largest absolute Gasteiger partial charge is 0.381 e. The molecule has 1 fully saturated rings. The normalized spacial score (nSPS) is 20.2. The fraction of sp³-hybridized carbons (Fsp3) is 0.778. The van der Waals surface area contributed by atoms with E-state index in [1.807, 2.05) is 6.20 Å². The molecule has 0 bridgehead atoms. The minimum absolute atomic E-state index is 0.287. The van der Waals surface area contributed by atoms with Gasteiger partial charge in [-0.05, 0) is 45.4 Å². The molecule has 22 heavy (non-hydrogen) atoms. The van der Waals surface area contributed by atoms with Crippen LogP contribution in [0.1, 0.15) is 40.5 Å². The molecule has 0 amide bonds. The zero-order chi connectivity index (χ0) is 16.5. The Hall–Kier alpha value is -0.840. The molecular formula is C18H34N2O2. The lowest BCUT2D eigenvalue weighted by molar-refractivity contribution is 0.0226. The van der Waals surface area contributed by atoms with Crippen LogP contribution in [0.3, 0.4) is 0 Å². The van der Waals surface area contributed by atoms with E-state index in [0.29, 0.717) is 6.04 Å². The molecule has 0 aromatic carbocycles. The van der Waals surface area contributed by atoms with E-state index in [-0.39, 0.29) is 6.10 Å². The van der Waals surface area contributed by atoms with Crippen molar-refractivity contribution < 1.29 is 9.47 Å². The summed E-state index contributed by atoms with van der Waals surface area (Å²) in [5.74, 6) is 0. The van der Waals surface area contributed by atoms with E-state index in [0.717, 1.165) is 45.7 Å². The van der Waals surface area contributed by atoms with Crippen LogP contribution in [0.15, 0.2) is 24.0 Å². The minimum Gasteiger partial charge on any atom is -0.381 e. The van der Waals surface area contributed by atoms with Crippen LogP contribution >= 0.6 is 0 Å². The zero-order valence-electron chi connectivity index (χ0n) is 15.1. The van der Waals surface area contributed by atoms with Crippen LogP contribution in [-0.2, 0) is 9.47 Å². The Morgan fingerprint density at radius 1 is 1.36 bits per heavy atom. The number of hydrogen-bond donors (Lipinski definition) is 0. The van der Waals surface area contributed by atoms with Crippen molar-refractivity contribution in [3.63, 3.8) is 0 Å². The smallest absolute Gasteiger partial charge is 0.0606 e. The molecule has 1 saturated heterocycles. The van der Waals surface area contributed by atoms with Crippen molar-refractivity contribution in [1.29, 1.82) is 0 Å². The Morgan fingerprint density at radius 3 is 2.45 bits per heavy atom. The summed E-state index contributed by atoms with van der Waals surface area (Å²) in [7, 11) is 1.80. The molecule has 0 aromatic rings. The van der Waals surface area contributed by atoms with Crippen LogP contribution in [0.5, 0.6) is 0 Å². The predicted octanol–water partition coefficient (Wildman–Crippen LogP) is 3.26. The highest BCUT2D eigenvalue weighted by Gasteiger charge is 2.25. The molecule has 2 atom stereocenters. The van der Waals surface area contributed by atoms with Gasteiger partial charge in [0.15, 0.2) is 0 Å². The van der Waals surface area contributed by atoms with Crippen LogP contribution in [0.4, 0.5) is 0 Å². The van der Waals surface area contributed by atoms with Gasteiger partial charge in [-0.2, -0.15) is 0 Å². The number of methoxy groups -OCH3 is 1. The van der Waals surface area contributed by atoms with Gasteiger partial charge in [-0.15, -0.1) is 0 Å². The first-order chi connectivity index (χ1) is 10.6. The van der Waals surface area contributed by atoms with E-state index in [1.54, 1.807) is 7.11 Å². The first-order valence-electron chi connectivity index (χ1n) is 8.52. The maximum Gasteiger partial charge on any atom is 0.0606 e. The lowest BCUT2D eigenvalue weighted by Gasteiger charge is -2.38. The SMILES string of the molecule is C=CN(CC)/C(=C(/C)CC(CC)OC)C(C)N1CCOCC1. The molecular weight excluding hydrogens is 276 g/mol. The Bertz CT molecular complexity index is 358. The van der Waals surface area contributed by atoms with Gasteiger partial charge in [-0.25, -0.2) is 0 Å². The van der Waals surface area contributed by atoms with E-state index in [4.69, 9.17) is 9.47 Å². The molecule has 0 spiro atoms. The van der Waals surface area contributed by atoms with E-state index >= 15 is 0 Å². The molecule has 0 aliphatic carbocycles. The van der Waals surface area contributed by atoms with Crippen LogP contribution in [-0.4, -0.2) is 61.9 Å². The maximum absolute atomic E-state index is 5.58. The fourth-order valence-corrected chi connectivity index (χ4v) is 3.22. The van der Waals surface area contributed by atoms with Crippen LogP contribution < -0.4 is 0 Å². The molecule has 0 radical (unpaired) electrons. The second-order valence-electron chi connectivity index (χ2n) is 5.93. The summed E-state index contributed by atoms with van der Waals surface area (Å²) in [6, 6.07) is 0.371. The summed E-state index contributed by atoms with van der Waals surface area (Å²) in [5.41, 5.74) is 2.77. The Kier molecular flexibility index (Phi) is 8.76. The van der Waals surface area contributed by atoms with Gasteiger partial charge >= 0.3 is 0 Å². The van der Waals surface area contributed by atoms with Crippen LogP contribution in [0.2, 0.25) is 0 Å². The van der Waals surface area contributed by atoms with Crippen molar-refractivity contribution >= 4 is 0 Å². The van der Waals surface area contributed by atoms with Crippen LogP contribution in [0, 0.1) is 0 Å². The Labute approximate surface area is 136 Å². The van der Waals surface area contributed by atoms with Crippen molar-refractivity contribution in [2.45, 2.75) is 52.7 Å². The van der Waals surface area contributed by atoms with E-state index in [9.17, 15) is 0 Å². The van der Waals surface area contributed by atoms with E-state index < -0.39 is 0 Å². The number of nitrogens with zero attached hydrogens (tertiary/aromatic N) is 2. The summed E-state index contributed by atoms with van der Waals surface area (Å²) in [5, 5.41) is 0. The number of ether oxygens (including phenoxy) is 2. The molecule has 0 aromatic heterocycles. The summed E-state index contributed by atoms with van der Waals surface area (Å²) in [6.07, 6.45) is 4.24. The van der Waals surface area contributed by atoms with E-state index in [2.05, 4.69) is 44.1 Å². The second kappa shape index (κ2) is 10.0. The fourth-order valence-electron chi connectivity index (χ4n) is 3.22. The average molecular weight is 310 g/mol. The van der Waals surface area contributed by atoms with Gasteiger partial charge in [0.05, 0.1) is 19.3 Å². The van der Waals surface area contributed by atoms with Crippen molar-refractivity contribution in [2.75, 3.05) is 40.0 Å². The molecule has 128 valence electrons. The van der Waals surface area contributed by atoms with Gasteiger partial charge in [0, 0.05) is 38.5 Å². The molecule has 2 unspecified atom stereocenters. The van der Waals surface area contributed by atoms with Gasteiger partial charge in [0.1, 0.15) is 0 Å². The Morgan fingerprint density at radius 2 is 2.00 bits per heavy atom. The second-order valence-corrected chi connectivity index (χ2v) is 5.93. The number of hydrogen-bond acceptors (Lipinski definition) is 4. The molecule has 0 N–H and O–H groups in total. The van der Waals surface area contributed by atoms with Crippen molar-refractivity contribution in [3.05, 3.63) is 24.0 Å². The number of rotatable bonds is 9. The lowest BCUT2D eigenvalue weighted by Crippen LogP contribution is -2.45. The van der Waals surface area contributed by atoms with E-state index in [1.165, 1.54) is 11.3 Å². The van der Waals surface area contributed by atoms with Crippen molar-refractivity contribution in [2.24, 2.45) is 0 Å². The first-order valence-corrected chi connectivity index (χ1v) is 8.52. The molecule has 1 aliphatic rings. The summed E-state index contributed by atoms with van der Waals surface area (Å²) < 4.78 is 11.1. The highest BCUT2D eigenvalue weighted by molar-refractivity contribution is 5.20. The molecule has 1 aliphatic heterocycles. The van der Waals surface area contributed by atoms with Gasteiger partial charge in [0.25, 0.3) is 0 Å². The third-order valence-corrected chi connectivity index (χ3v) is 4.62. The quantitative estimate of drug-likeness (QED) is 0.652. The minimum atomic E-state index is 0.287. The molecule has 0 saturated carbocycles. The monoisotopic (exact) mass is 310 g/mol. The molecule has 1 rings (SSSR count). The summed E-state index contributed by atoms with van der Waals surface area (Å²) in [4.78, 5) is 4.78. The Balaban J connectivity index is 3.01. The first kappa shape index (κ1) is 19.2. The van der Waals surface area contributed by atoms with Gasteiger partial charge in [-0.1, -0.05) is 13.5 Å². The summed E-state index contributed by atoms with van der Waals surface area (Å²) >= 11 is 0. The number of likely N-dealkylation sites (N-methyl/N-ethyl adjacent to an activating group) is 1. The lowest BCUT2D eigenvalue weighted by atomic mass is 10.0. The van der Waals surface area contributed by atoms with Gasteiger partial charge < -0.3 is 14.4 Å². The highest BCUT2D eigenvalue weighted by Crippen LogP contribution is 2.24. The van der Waals surface area contributed by atoms with Gasteiger partial charge in [-0.3, -0.25) is 4.90 Å². The topological polar surface area (TPSA) is 24.9 Å². The average Bonchev–Trinajstić information content (AvgIpc) is 2.57. The number of morpholine rings is 1. The molecule has 4 heteroatoms. The highest BCUT2D eigenvalue weighted by atomic mass is 16.5. The molecule has 4 nitrogen and oxygen atoms in total. The van der Waals surface area contributed by atoms with Crippen molar-refractivity contribution in [3.8, 4) is 0 Å². The van der Waals surface area contributed by atoms with Gasteiger partial charge in [0.2, 0.25) is 0 Å². The summed E-state index contributed by atoms with van der Waals surface area (Å²) in [6.45, 7) is 17.5. The predicted molar refractivity (Wildman–Crippen MR) is 92.8 cm³/mol. The maximum atomic E-state index is 5.58. The standard InChI is InChI=1S/C18H34N2O2/c1-7-17(21-6)14-15(4)18(19(8-2)9-3)16(5)20-10-12-22-13-11-20/h8,16-17H,2,7,9-14H2,1,3-6H3/b18-15-. The van der Waals surface area contributed by atoms with Crippen LogP contribution in [0.25, 0.3) is 0 Å². The third kappa shape index (κ3) is 5.11. The van der Waals surface area contributed by atoms with Crippen molar-refractivity contribution in [1.82, 2.24) is 9.80 Å².